The first-order chi connectivity index (χ1) is 7.65. The molecule has 2 heterocycles. The van der Waals surface area contributed by atoms with Crippen LogP contribution in [0.5, 0.6) is 0 Å². The largest absolute Gasteiger partial charge is 0.397 e. The number of hydrogen-bond donors (Lipinski definition) is 1. The summed E-state index contributed by atoms with van der Waals surface area (Å²) < 4.78 is 0. The maximum Gasteiger partial charge on any atom is 0.193 e. The van der Waals surface area contributed by atoms with Gasteiger partial charge in [0.05, 0.1) is 5.69 Å². The van der Waals surface area contributed by atoms with E-state index in [4.69, 9.17) is 5.73 Å². The van der Waals surface area contributed by atoms with E-state index in [1.54, 1.807) is 18.6 Å². The Hall–Kier alpha value is -1.62. The maximum absolute atomic E-state index is 5.86. The van der Waals surface area contributed by atoms with Crippen molar-refractivity contribution in [1.29, 1.82) is 0 Å². The van der Waals surface area contributed by atoms with Gasteiger partial charge in [-0.15, -0.1) is 0 Å². The van der Waals surface area contributed by atoms with Gasteiger partial charge in [-0.1, -0.05) is 0 Å². The van der Waals surface area contributed by atoms with Crippen LogP contribution in [0.3, 0.4) is 0 Å². The lowest BCUT2D eigenvalue weighted by atomic mass is 10.3. The number of nitrogens with two attached hydrogens (primary N) is 1. The summed E-state index contributed by atoms with van der Waals surface area (Å²) in [6, 6.07) is 1.89. The number of aromatic nitrogens is 3. The molecule has 2 N–H and O–H groups in total. The molecule has 0 aliphatic carbocycles. The Kier molecular flexibility index (Phi) is 3.05. The van der Waals surface area contributed by atoms with Crippen LogP contribution in [0.4, 0.5) is 5.69 Å². The maximum atomic E-state index is 5.86. The van der Waals surface area contributed by atoms with E-state index in [-0.39, 0.29) is 0 Å². The average Bonchev–Trinajstić information content (AvgIpc) is 2.25. The number of aryl methyl sites for hydroxylation is 2. The highest BCUT2D eigenvalue weighted by atomic mass is 32.2. The van der Waals surface area contributed by atoms with Gasteiger partial charge in [0.2, 0.25) is 0 Å². The molecule has 82 valence electrons. The Morgan fingerprint density at radius 1 is 1.00 bits per heavy atom. The van der Waals surface area contributed by atoms with Crippen LogP contribution in [-0.4, -0.2) is 15.0 Å². The number of anilines is 1. The lowest BCUT2D eigenvalue weighted by molar-refractivity contribution is 0.945. The van der Waals surface area contributed by atoms with Gasteiger partial charge in [0.15, 0.2) is 5.16 Å². The fraction of sp³-hybridized carbons (Fsp3) is 0.182. The summed E-state index contributed by atoms with van der Waals surface area (Å²) in [6.45, 7) is 3.91. The van der Waals surface area contributed by atoms with Gasteiger partial charge in [0, 0.05) is 18.6 Å². The summed E-state index contributed by atoms with van der Waals surface area (Å²) in [7, 11) is 0. The monoisotopic (exact) mass is 232 g/mol. The van der Waals surface area contributed by atoms with Crippen molar-refractivity contribution in [2.24, 2.45) is 0 Å². The van der Waals surface area contributed by atoms with E-state index >= 15 is 0 Å². The molecule has 0 spiro atoms. The second kappa shape index (κ2) is 4.49. The highest BCUT2D eigenvalue weighted by Crippen LogP contribution is 2.27. The molecule has 2 rings (SSSR count). The molecule has 4 nitrogen and oxygen atoms in total. The van der Waals surface area contributed by atoms with E-state index in [9.17, 15) is 0 Å². The third-order valence-corrected chi connectivity index (χ3v) is 2.89. The van der Waals surface area contributed by atoms with E-state index in [1.165, 1.54) is 11.8 Å². The summed E-state index contributed by atoms with van der Waals surface area (Å²) in [5.41, 5.74) is 8.61. The molecule has 0 fully saturated rings. The minimum absolute atomic E-state index is 0.661. The second-order valence-corrected chi connectivity index (χ2v) is 4.51. The minimum Gasteiger partial charge on any atom is -0.397 e. The van der Waals surface area contributed by atoms with E-state index < -0.39 is 0 Å². The van der Waals surface area contributed by atoms with Crippen LogP contribution in [0.15, 0.2) is 34.8 Å². The van der Waals surface area contributed by atoms with Crippen LogP contribution in [0.2, 0.25) is 0 Å². The third kappa shape index (κ3) is 2.49. The molecule has 16 heavy (non-hydrogen) atoms. The molecule has 0 radical (unpaired) electrons. The van der Waals surface area contributed by atoms with Gasteiger partial charge in [-0.05, 0) is 42.8 Å². The summed E-state index contributed by atoms with van der Waals surface area (Å²) in [5.74, 6) is 0. The highest BCUT2D eigenvalue weighted by Gasteiger charge is 2.05. The molecule has 0 bridgehead atoms. The fourth-order valence-electron chi connectivity index (χ4n) is 1.18. The van der Waals surface area contributed by atoms with Crippen molar-refractivity contribution in [3.8, 4) is 0 Å². The molecule has 0 aromatic carbocycles. The Morgan fingerprint density at radius 2 is 1.62 bits per heavy atom. The predicted molar refractivity (Wildman–Crippen MR) is 64.3 cm³/mol. The summed E-state index contributed by atoms with van der Waals surface area (Å²) in [6.07, 6.45) is 5.34. The summed E-state index contributed by atoms with van der Waals surface area (Å²) >= 11 is 1.37. The zero-order chi connectivity index (χ0) is 11.5. The molecule has 2 aromatic rings. The van der Waals surface area contributed by atoms with E-state index in [0.29, 0.717) is 10.8 Å². The van der Waals surface area contributed by atoms with Crippen LogP contribution in [0, 0.1) is 13.8 Å². The van der Waals surface area contributed by atoms with Gasteiger partial charge in [0.25, 0.3) is 0 Å². The quantitative estimate of drug-likeness (QED) is 0.804. The molecule has 0 aliphatic rings. The van der Waals surface area contributed by atoms with Crippen molar-refractivity contribution in [3.05, 3.63) is 35.8 Å². The SMILES string of the molecule is Cc1cnc(Sc2ncc(C)cc2N)nc1. The zero-order valence-corrected chi connectivity index (χ0v) is 9.95. The first-order valence-corrected chi connectivity index (χ1v) is 5.65. The smallest absolute Gasteiger partial charge is 0.193 e. The van der Waals surface area contributed by atoms with Gasteiger partial charge < -0.3 is 5.73 Å². The average molecular weight is 232 g/mol. The van der Waals surface area contributed by atoms with Crippen LogP contribution >= 0.6 is 11.8 Å². The Labute approximate surface area is 98.3 Å². The number of nitrogen functional groups attached to an aromatic ring is 1. The van der Waals surface area contributed by atoms with Crippen LogP contribution < -0.4 is 5.73 Å². The Morgan fingerprint density at radius 3 is 2.25 bits per heavy atom. The molecular weight excluding hydrogens is 220 g/mol. The van der Waals surface area contributed by atoms with Crippen LogP contribution in [0.25, 0.3) is 0 Å². The van der Waals surface area contributed by atoms with Crippen molar-refractivity contribution >= 4 is 17.4 Å². The minimum atomic E-state index is 0.661. The number of hydrogen-bond acceptors (Lipinski definition) is 5. The standard InChI is InChI=1S/C11H12N4S/c1-7-3-9(12)10(13-4-7)16-11-14-5-8(2)6-15-11/h3-6H,12H2,1-2H3. The molecule has 0 saturated carbocycles. The van der Waals surface area contributed by atoms with Gasteiger partial charge in [-0.3, -0.25) is 0 Å². The van der Waals surface area contributed by atoms with E-state index in [2.05, 4.69) is 15.0 Å². The van der Waals surface area contributed by atoms with Crippen LogP contribution in [0.1, 0.15) is 11.1 Å². The first kappa shape index (κ1) is 10.9. The summed E-state index contributed by atoms with van der Waals surface area (Å²) in [5, 5.41) is 1.41. The van der Waals surface area contributed by atoms with Crippen molar-refractivity contribution in [3.63, 3.8) is 0 Å². The van der Waals surface area contributed by atoms with Gasteiger partial charge in [-0.2, -0.15) is 0 Å². The van der Waals surface area contributed by atoms with Crippen molar-refractivity contribution < 1.29 is 0 Å². The lowest BCUT2D eigenvalue weighted by Crippen LogP contribution is -1.94. The van der Waals surface area contributed by atoms with Gasteiger partial charge in [-0.25, -0.2) is 15.0 Å². The Bertz CT molecular complexity index is 496. The number of rotatable bonds is 2. The topological polar surface area (TPSA) is 64.7 Å². The lowest BCUT2D eigenvalue weighted by Gasteiger charge is -2.03. The number of pyridine rings is 1. The second-order valence-electron chi connectivity index (χ2n) is 3.55. The van der Waals surface area contributed by atoms with Crippen molar-refractivity contribution in [2.75, 3.05) is 5.73 Å². The van der Waals surface area contributed by atoms with E-state index in [1.807, 2.05) is 19.9 Å². The third-order valence-electron chi connectivity index (χ3n) is 1.96. The molecule has 2 aromatic heterocycles. The predicted octanol–water partition coefficient (Wildman–Crippen LogP) is 2.22. The molecule has 0 aliphatic heterocycles. The number of nitrogens with zero attached hydrogens (tertiary/aromatic N) is 3. The molecule has 0 atom stereocenters. The molecule has 5 heteroatoms. The highest BCUT2D eigenvalue weighted by molar-refractivity contribution is 7.99. The fourth-order valence-corrected chi connectivity index (χ4v) is 1.85. The first-order valence-electron chi connectivity index (χ1n) is 4.84. The van der Waals surface area contributed by atoms with Gasteiger partial charge >= 0.3 is 0 Å². The van der Waals surface area contributed by atoms with Crippen molar-refractivity contribution in [2.45, 2.75) is 24.0 Å². The molecular formula is C11H12N4S. The molecule has 0 unspecified atom stereocenters. The zero-order valence-electron chi connectivity index (χ0n) is 9.14. The summed E-state index contributed by atoms with van der Waals surface area (Å²) in [4.78, 5) is 12.6. The van der Waals surface area contributed by atoms with E-state index in [0.717, 1.165) is 16.2 Å². The molecule has 0 saturated heterocycles. The van der Waals surface area contributed by atoms with Crippen LogP contribution in [-0.2, 0) is 0 Å². The van der Waals surface area contributed by atoms with Gasteiger partial charge in [0.1, 0.15) is 5.03 Å². The Balaban J connectivity index is 2.23. The van der Waals surface area contributed by atoms with Crippen molar-refractivity contribution in [1.82, 2.24) is 15.0 Å². The molecule has 0 amide bonds. The normalized spacial score (nSPS) is 10.4.